The molecule has 5 nitrogen and oxygen atoms in total. The lowest BCUT2D eigenvalue weighted by molar-refractivity contribution is 0.0691. The molecule has 1 aromatic carbocycles. The molecule has 0 amide bonds. The van der Waals surface area contributed by atoms with Gasteiger partial charge in [-0.25, -0.2) is 9.78 Å². The molecule has 25 heavy (non-hydrogen) atoms. The lowest BCUT2D eigenvalue weighted by atomic mass is 10.2. The maximum atomic E-state index is 10.6. The number of hydrogen-bond acceptors (Lipinski definition) is 4. The smallest absolute Gasteiger partial charge is 0.354 e. The third kappa shape index (κ3) is 6.10. The van der Waals surface area contributed by atoms with Gasteiger partial charge in [-0.15, -0.1) is 0 Å². The van der Waals surface area contributed by atoms with Crippen LogP contribution < -0.4 is 0 Å². The van der Waals surface area contributed by atoms with Gasteiger partial charge in [0.2, 0.25) is 0 Å². The molecular weight excluding hydrogens is 314 g/mol. The maximum absolute atomic E-state index is 10.6. The van der Waals surface area contributed by atoms with Crippen molar-refractivity contribution in [3.8, 4) is 0 Å². The number of benzene rings is 1. The standard InChI is InChI=1S/C10H20N2.C10H7NO2/c1-3-4-5-6-7-12-9-8-11(2)10-12;12-10(13)9-6-5-7-3-1-2-4-8(7)11-9/h8-9H,3-7,10H2,1-2H3;1-6H,(H,12,13). The van der Waals surface area contributed by atoms with Crippen LogP contribution >= 0.6 is 0 Å². The molecule has 0 atom stereocenters. The third-order valence-electron chi connectivity index (χ3n) is 4.05. The van der Waals surface area contributed by atoms with Crippen LogP contribution in [-0.4, -0.2) is 46.1 Å². The number of pyridine rings is 1. The first-order chi connectivity index (χ1) is 12.1. The fraction of sp³-hybridized carbons (Fsp3) is 0.400. The van der Waals surface area contributed by atoms with E-state index in [0.717, 1.165) is 12.1 Å². The van der Waals surface area contributed by atoms with E-state index in [1.165, 1.54) is 38.3 Å². The number of carboxylic acids is 1. The van der Waals surface area contributed by atoms with Gasteiger partial charge in [-0.1, -0.05) is 50.5 Å². The quantitative estimate of drug-likeness (QED) is 0.799. The number of rotatable bonds is 6. The molecule has 3 rings (SSSR count). The zero-order valence-corrected chi connectivity index (χ0v) is 15.1. The van der Waals surface area contributed by atoms with Gasteiger partial charge in [-0.2, -0.15) is 0 Å². The van der Waals surface area contributed by atoms with Crippen LogP contribution in [0.3, 0.4) is 0 Å². The Morgan fingerprint density at radius 2 is 1.92 bits per heavy atom. The Morgan fingerprint density at radius 1 is 1.12 bits per heavy atom. The average Bonchev–Trinajstić information content (AvgIpc) is 3.04. The summed E-state index contributed by atoms with van der Waals surface area (Å²) in [5.74, 6) is -0.995. The SMILES string of the molecule is CCCCCCN1C=CN(C)C1.O=C(O)c1ccc2ccccc2n1. The summed E-state index contributed by atoms with van der Waals surface area (Å²) in [5, 5.41) is 9.63. The second-order valence-corrected chi connectivity index (χ2v) is 6.26. The Labute approximate surface area is 149 Å². The Kier molecular flexibility index (Phi) is 7.26. The summed E-state index contributed by atoms with van der Waals surface area (Å²) < 4.78 is 0. The molecule has 0 radical (unpaired) electrons. The molecule has 0 saturated heterocycles. The van der Waals surface area contributed by atoms with Crippen LogP contribution in [0, 0.1) is 0 Å². The molecule has 0 spiro atoms. The number of para-hydroxylation sites is 1. The summed E-state index contributed by atoms with van der Waals surface area (Å²) in [6.45, 7) is 4.55. The van der Waals surface area contributed by atoms with Crippen LogP contribution in [0.25, 0.3) is 10.9 Å². The van der Waals surface area contributed by atoms with Crippen molar-refractivity contribution in [2.24, 2.45) is 0 Å². The van der Waals surface area contributed by atoms with Crippen molar-refractivity contribution in [3.63, 3.8) is 0 Å². The molecule has 0 fully saturated rings. The van der Waals surface area contributed by atoms with Gasteiger partial charge in [0.15, 0.2) is 0 Å². The van der Waals surface area contributed by atoms with Gasteiger partial charge in [0, 0.05) is 31.4 Å². The monoisotopic (exact) mass is 341 g/mol. The van der Waals surface area contributed by atoms with E-state index in [9.17, 15) is 4.79 Å². The van der Waals surface area contributed by atoms with Crippen molar-refractivity contribution >= 4 is 16.9 Å². The number of aromatic nitrogens is 1. The summed E-state index contributed by atoms with van der Waals surface area (Å²) in [4.78, 5) is 19.1. The molecule has 1 N–H and O–H groups in total. The fourth-order valence-electron chi connectivity index (χ4n) is 2.66. The molecule has 1 aliphatic rings. The van der Waals surface area contributed by atoms with Crippen molar-refractivity contribution in [2.75, 3.05) is 20.3 Å². The first-order valence-corrected chi connectivity index (χ1v) is 8.82. The van der Waals surface area contributed by atoms with E-state index in [1.54, 1.807) is 12.1 Å². The van der Waals surface area contributed by atoms with Gasteiger partial charge in [0.05, 0.1) is 12.2 Å². The van der Waals surface area contributed by atoms with E-state index in [2.05, 4.69) is 41.2 Å². The van der Waals surface area contributed by atoms with E-state index >= 15 is 0 Å². The van der Waals surface area contributed by atoms with Gasteiger partial charge >= 0.3 is 5.97 Å². The predicted molar refractivity (Wildman–Crippen MR) is 101 cm³/mol. The minimum absolute atomic E-state index is 0.0821. The predicted octanol–water partition coefficient (Wildman–Crippen LogP) is 4.18. The van der Waals surface area contributed by atoms with Crippen LogP contribution in [0.15, 0.2) is 48.8 Å². The van der Waals surface area contributed by atoms with Gasteiger partial charge < -0.3 is 14.9 Å². The van der Waals surface area contributed by atoms with E-state index in [0.29, 0.717) is 5.52 Å². The summed E-state index contributed by atoms with van der Waals surface area (Å²) in [6.07, 6.45) is 9.76. The molecule has 0 bridgehead atoms. The van der Waals surface area contributed by atoms with Gasteiger partial charge in [-0.3, -0.25) is 0 Å². The van der Waals surface area contributed by atoms with Crippen LogP contribution in [0.2, 0.25) is 0 Å². The molecule has 5 heteroatoms. The number of carboxylic acid groups (broad SMARTS) is 1. The molecule has 2 heterocycles. The Hall–Kier alpha value is -2.56. The number of fused-ring (bicyclic) bond motifs is 1. The maximum Gasteiger partial charge on any atom is 0.354 e. The Balaban J connectivity index is 0.000000181. The molecule has 0 saturated carbocycles. The van der Waals surface area contributed by atoms with Crippen LogP contribution in [0.1, 0.15) is 43.1 Å². The highest BCUT2D eigenvalue weighted by atomic mass is 16.4. The molecule has 0 aliphatic carbocycles. The zero-order valence-electron chi connectivity index (χ0n) is 15.1. The van der Waals surface area contributed by atoms with E-state index in [1.807, 2.05) is 18.2 Å². The molecule has 1 aromatic heterocycles. The number of nitrogens with zero attached hydrogens (tertiary/aromatic N) is 3. The van der Waals surface area contributed by atoms with Crippen LogP contribution in [0.5, 0.6) is 0 Å². The van der Waals surface area contributed by atoms with Crippen LogP contribution in [0.4, 0.5) is 0 Å². The Bertz CT molecular complexity index is 715. The van der Waals surface area contributed by atoms with Crippen molar-refractivity contribution in [2.45, 2.75) is 32.6 Å². The van der Waals surface area contributed by atoms with Crippen molar-refractivity contribution in [3.05, 3.63) is 54.5 Å². The highest BCUT2D eigenvalue weighted by molar-refractivity contribution is 5.89. The lowest BCUT2D eigenvalue weighted by Gasteiger charge is -2.17. The zero-order chi connectivity index (χ0) is 18.1. The largest absolute Gasteiger partial charge is 0.477 e. The van der Waals surface area contributed by atoms with Crippen molar-refractivity contribution in [1.29, 1.82) is 0 Å². The molecule has 0 unspecified atom stereocenters. The van der Waals surface area contributed by atoms with Gasteiger partial charge in [0.25, 0.3) is 0 Å². The summed E-state index contributed by atoms with van der Waals surface area (Å²) in [7, 11) is 2.11. The summed E-state index contributed by atoms with van der Waals surface area (Å²) in [5.41, 5.74) is 0.793. The topological polar surface area (TPSA) is 56.7 Å². The highest BCUT2D eigenvalue weighted by Crippen LogP contribution is 2.11. The average molecular weight is 341 g/mol. The van der Waals surface area contributed by atoms with E-state index in [4.69, 9.17) is 5.11 Å². The van der Waals surface area contributed by atoms with Crippen molar-refractivity contribution < 1.29 is 9.90 Å². The first kappa shape index (κ1) is 18.8. The minimum Gasteiger partial charge on any atom is -0.477 e. The first-order valence-electron chi connectivity index (χ1n) is 8.82. The minimum atomic E-state index is -0.995. The second kappa shape index (κ2) is 9.67. The van der Waals surface area contributed by atoms with Crippen LogP contribution in [-0.2, 0) is 0 Å². The number of hydrogen-bond donors (Lipinski definition) is 1. The van der Waals surface area contributed by atoms with Gasteiger partial charge in [0.1, 0.15) is 5.69 Å². The fourth-order valence-corrected chi connectivity index (χ4v) is 2.66. The molecular formula is C20H27N3O2. The normalized spacial score (nSPS) is 13.0. The lowest BCUT2D eigenvalue weighted by Crippen LogP contribution is -2.23. The number of carbonyl (C=O) groups is 1. The Morgan fingerprint density at radius 3 is 2.60 bits per heavy atom. The second-order valence-electron chi connectivity index (χ2n) is 6.26. The van der Waals surface area contributed by atoms with E-state index < -0.39 is 5.97 Å². The van der Waals surface area contributed by atoms with E-state index in [-0.39, 0.29) is 5.69 Å². The van der Waals surface area contributed by atoms with Gasteiger partial charge in [-0.05, 0) is 18.6 Å². The third-order valence-corrected chi connectivity index (χ3v) is 4.05. The summed E-state index contributed by atoms with van der Waals surface area (Å²) >= 11 is 0. The molecule has 2 aromatic rings. The van der Waals surface area contributed by atoms with Crippen molar-refractivity contribution in [1.82, 2.24) is 14.8 Å². The number of unbranched alkanes of at least 4 members (excludes halogenated alkanes) is 3. The molecule has 134 valence electrons. The molecule has 1 aliphatic heterocycles. The highest BCUT2D eigenvalue weighted by Gasteiger charge is 2.06. The summed E-state index contributed by atoms with van der Waals surface area (Å²) in [6, 6.07) is 10.7. The number of aromatic carboxylic acids is 1.